The van der Waals surface area contributed by atoms with Gasteiger partial charge in [0.15, 0.2) is 5.65 Å². The Morgan fingerprint density at radius 1 is 0.918 bits per heavy atom. The number of benzene rings is 2. The molecule has 7 atom stereocenters. The van der Waals surface area contributed by atoms with Gasteiger partial charge < -0.3 is 50.6 Å². The van der Waals surface area contributed by atoms with Crippen molar-refractivity contribution in [3.05, 3.63) is 94.9 Å². The standard InChI is InChI=1S/C54H76N10O9/c1-10-43(38-14-12-11-13-15-38)60-51(68)44-30-40(33-63(44)53(70)48(54(6,7)8)61-50(67)37(5)55-9)58-47(66)20-25-72-27-26-71-24-19-46(65)56-21-23-62-32-36(4)73-45-17-16-34(2)28-41(45)35(3)29-39-18-22-64-49(59-39)42(31-57-64)52(62)69/h11-18,22,28,31,35-37,40,43-44,48,55H,10,19-21,23-27,29-30,32-33H2,1-9H3,(H,56,65)(H,58,66)(H,60,68)(H,61,67)/t35-,36-,37-,40-,43+,44-,48+/m0/s1. The van der Waals surface area contributed by atoms with Gasteiger partial charge in [-0.1, -0.05) is 82.6 Å². The molecule has 4 aromatic rings. The number of likely N-dealkylation sites (tertiary alicyclic amines) is 1. The molecule has 2 aromatic carbocycles. The van der Waals surface area contributed by atoms with E-state index in [1.54, 1.807) is 23.4 Å². The van der Waals surface area contributed by atoms with Crippen LogP contribution >= 0.6 is 0 Å². The maximum atomic E-state index is 14.4. The lowest BCUT2D eigenvalue weighted by Crippen LogP contribution is -2.59. The highest BCUT2D eigenvalue weighted by molar-refractivity contribution is 5.99. The fraction of sp³-hybridized carbons (Fsp3) is 0.556. The van der Waals surface area contributed by atoms with Crippen LogP contribution in [0.2, 0.25) is 0 Å². The number of rotatable bonds is 21. The molecule has 6 amide bonds. The summed E-state index contributed by atoms with van der Waals surface area (Å²) in [6.07, 6.45) is 4.59. The Bertz CT molecular complexity index is 2530. The van der Waals surface area contributed by atoms with Gasteiger partial charge in [-0.25, -0.2) is 9.50 Å². The Hall–Kier alpha value is -6.44. The van der Waals surface area contributed by atoms with E-state index in [0.717, 1.165) is 28.1 Å². The van der Waals surface area contributed by atoms with E-state index in [0.29, 0.717) is 24.1 Å². The van der Waals surface area contributed by atoms with Crippen molar-refractivity contribution >= 4 is 41.1 Å². The van der Waals surface area contributed by atoms with Crippen molar-refractivity contribution in [3.63, 3.8) is 0 Å². The first-order chi connectivity index (χ1) is 34.9. The number of hydrogen-bond acceptors (Lipinski definition) is 12. The maximum Gasteiger partial charge on any atom is 0.259 e. The van der Waals surface area contributed by atoms with Crippen molar-refractivity contribution < 1.29 is 43.0 Å². The second kappa shape index (κ2) is 26.0. The molecule has 396 valence electrons. The van der Waals surface area contributed by atoms with Crippen molar-refractivity contribution in [2.75, 3.05) is 59.7 Å². The third-order valence-electron chi connectivity index (χ3n) is 13.4. The minimum Gasteiger partial charge on any atom is -0.489 e. The van der Waals surface area contributed by atoms with Gasteiger partial charge in [-0.05, 0) is 81.7 Å². The van der Waals surface area contributed by atoms with Gasteiger partial charge in [0.05, 0.1) is 51.3 Å². The van der Waals surface area contributed by atoms with Gasteiger partial charge in [0, 0.05) is 50.4 Å². The molecule has 2 aliphatic rings. The SMILES string of the molecule is CC[C@@H](NC(=O)[C@@H]1C[C@H](NC(=O)CCOCCOCCC(=O)NCCN2C[C@H](C)Oc3ccc(C)cc3[C@@H](C)Cc3ccn4ncc(c4n3)C2=O)CN1C(=O)[C@@H](NC(=O)[C@H](C)NC)C(C)(C)C)c1ccccc1. The molecule has 2 bridgehead atoms. The molecule has 73 heavy (non-hydrogen) atoms. The number of aromatic nitrogens is 3. The molecule has 0 radical (unpaired) electrons. The molecule has 2 aliphatic heterocycles. The lowest BCUT2D eigenvalue weighted by molar-refractivity contribution is -0.144. The van der Waals surface area contributed by atoms with E-state index in [1.165, 1.54) is 11.1 Å². The molecule has 19 nitrogen and oxygen atoms in total. The molecule has 5 N–H and O–H groups in total. The first-order valence-corrected chi connectivity index (χ1v) is 25.6. The predicted molar refractivity (Wildman–Crippen MR) is 276 cm³/mol. The number of amides is 6. The zero-order valence-corrected chi connectivity index (χ0v) is 44.0. The monoisotopic (exact) mass is 1010 g/mol. The second-order valence-electron chi connectivity index (χ2n) is 20.4. The number of nitrogens with zero attached hydrogens (tertiary/aromatic N) is 5. The van der Waals surface area contributed by atoms with Crippen LogP contribution in [0.3, 0.4) is 0 Å². The summed E-state index contributed by atoms with van der Waals surface area (Å²) in [5, 5.41) is 19.2. The average molecular weight is 1010 g/mol. The van der Waals surface area contributed by atoms with Crippen molar-refractivity contribution in [3.8, 4) is 5.75 Å². The van der Waals surface area contributed by atoms with Crippen LogP contribution < -0.4 is 31.3 Å². The molecule has 0 unspecified atom stereocenters. The Morgan fingerprint density at radius 2 is 1.63 bits per heavy atom. The summed E-state index contributed by atoms with van der Waals surface area (Å²) in [5.74, 6) is -1.01. The van der Waals surface area contributed by atoms with E-state index >= 15 is 0 Å². The van der Waals surface area contributed by atoms with Gasteiger partial charge in [-0.15, -0.1) is 0 Å². The number of fused-ring (bicyclic) bond motifs is 2. The lowest BCUT2D eigenvalue weighted by atomic mass is 9.85. The zero-order chi connectivity index (χ0) is 52.8. The molecule has 0 aliphatic carbocycles. The fourth-order valence-corrected chi connectivity index (χ4v) is 9.16. The maximum absolute atomic E-state index is 14.4. The average Bonchev–Trinajstić information content (AvgIpc) is 3.99. The van der Waals surface area contributed by atoms with Crippen LogP contribution in [0, 0.1) is 12.3 Å². The van der Waals surface area contributed by atoms with Crippen LogP contribution in [-0.4, -0.2) is 150 Å². The van der Waals surface area contributed by atoms with E-state index in [1.807, 2.05) is 89.3 Å². The van der Waals surface area contributed by atoms with Crippen LogP contribution in [0.15, 0.2) is 67.0 Å². The molecule has 0 spiro atoms. The molecule has 2 aromatic heterocycles. The largest absolute Gasteiger partial charge is 0.489 e. The number of carbonyl (C=O) groups is 6. The Balaban J connectivity index is 0.943. The Labute approximate surface area is 429 Å². The van der Waals surface area contributed by atoms with Crippen LogP contribution in [0.1, 0.15) is 119 Å². The molecule has 6 rings (SSSR count). The fourth-order valence-electron chi connectivity index (χ4n) is 9.16. The van der Waals surface area contributed by atoms with E-state index in [9.17, 15) is 28.8 Å². The zero-order valence-electron chi connectivity index (χ0n) is 44.0. The van der Waals surface area contributed by atoms with Crippen LogP contribution in [0.4, 0.5) is 0 Å². The van der Waals surface area contributed by atoms with Gasteiger partial charge in [-0.2, -0.15) is 5.10 Å². The topological polar surface area (TPSA) is 227 Å². The summed E-state index contributed by atoms with van der Waals surface area (Å²) < 4.78 is 19.4. The number of carbonyl (C=O) groups excluding carboxylic acids is 6. The second-order valence-corrected chi connectivity index (χ2v) is 20.4. The molecular weight excluding hydrogens is 933 g/mol. The van der Waals surface area contributed by atoms with Crippen molar-refractivity contribution in [2.24, 2.45) is 5.41 Å². The highest BCUT2D eigenvalue weighted by atomic mass is 16.5. The third-order valence-corrected chi connectivity index (χ3v) is 13.4. The van der Waals surface area contributed by atoms with Crippen molar-refractivity contribution in [1.29, 1.82) is 0 Å². The van der Waals surface area contributed by atoms with Crippen LogP contribution in [0.5, 0.6) is 5.75 Å². The smallest absolute Gasteiger partial charge is 0.259 e. The number of hydrogen-bond donors (Lipinski definition) is 5. The first kappa shape index (κ1) is 55.9. The third kappa shape index (κ3) is 15.3. The molecule has 19 heteroatoms. The number of ether oxygens (including phenoxy) is 3. The summed E-state index contributed by atoms with van der Waals surface area (Å²) in [4.78, 5) is 89.5. The van der Waals surface area contributed by atoms with Gasteiger partial charge in [0.2, 0.25) is 29.5 Å². The Morgan fingerprint density at radius 3 is 2.32 bits per heavy atom. The van der Waals surface area contributed by atoms with Crippen molar-refractivity contribution in [1.82, 2.24) is 51.0 Å². The minimum absolute atomic E-state index is 0.0315. The summed E-state index contributed by atoms with van der Waals surface area (Å²) in [7, 11) is 1.66. The molecule has 4 heterocycles. The number of nitrogens with one attached hydrogen (secondary N) is 5. The predicted octanol–water partition coefficient (Wildman–Crippen LogP) is 4.03. The van der Waals surface area contributed by atoms with Gasteiger partial charge in [0.1, 0.15) is 29.5 Å². The van der Waals surface area contributed by atoms with E-state index < -0.39 is 35.5 Å². The molecular formula is C54H76N10O9. The van der Waals surface area contributed by atoms with Gasteiger partial charge >= 0.3 is 0 Å². The Kier molecular flexibility index (Phi) is 19.9. The highest BCUT2D eigenvalue weighted by Gasteiger charge is 2.46. The van der Waals surface area contributed by atoms with E-state index in [4.69, 9.17) is 19.2 Å². The van der Waals surface area contributed by atoms with E-state index in [-0.39, 0.29) is 119 Å². The van der Waals surface area contributed by atoms with Gasteiger partial charge in [-0.3, -0.25) is 28.8 Å². The molecule has 1 fully saturated rings. The summed E-state index contributed by atoms with van der Waals surface area (Å²) >= 11 is 0. The molecule has 1 saturated heterocycles. The first-order valence-electron chi connectivity index (χ1n) is 25.6. The van der Waals surface area contributed by atoms with Crippen molar-refractivity contribution in [2.45, 2.75) is 130 Å². The normalized spacial score (nSPS) is 19.4. The molecule has 0 saturated carbocycles. The van der Waals surface area contributed by atoms with Gasteiger partial charge in [0.25, 0.3) is 5.91 Å². The quantitative estimate of drug-likeness (QED) is 0.0747. The minimum atomic E-state index is -0.937. The van der Waals surface area contributed by atoms with Crippen LogP contribution in [0.25, 0.3) is 5.65 Å². The highest BCUT2D eigenvalue weighted by Crippen LogP contribution is 2.32. The lowest BCUT2D eigenvalue weighted by Gasteiger charge is -2.36. The summed E-state index contributed by atoms with van der Waals surface area (Å²) in [6, 6.07) is 14.5. The van der Waals surface area contributed by atoms with Crippen LogP contribution in [-0.2, 0) is 39.9 Å². The summed E-state index contributed by atoms with van der Waals surface area (Å²) in [6.45, 7) is 16.8. The number of aryl methyl sites for hydroxylation is 1. The van der Waals surface area contributed by atoms with E-state index in [2.05, 4.69) is 51.6 Å². The summed E-state index contributed by atoms with van der Waals surface area (Å²) in [5.41, 5.74) is 4.14. The number of likely N-dealkylation sites (N-methyl/N-ethyl adjacent to an activating group) is 1.